The number of carbonyl (C=O) groups excluding carboxylic acids is 1. The Labute approximate surface area is 154 Å². The summed E-state index contributed by atoms with van der Waals surface area (Å²) in [5.74, 6) is 0.484. The molecule has 3 rings (SSSR count). The molecular formula is C16H20N4OS3. The second kappa shape index (κ2) is 8.22. The molecule has 1 aromatic heterocycles. The van der Waals surface area contributed by atoms with E-state index in [0.717, 1.165) is 15.0 Å². The molecule has 2 aromatic rings. The Kier molecular flexibility index (Phi) is 6.02. The minimum absolute atomic E-state index is 0.0980. The van der Waals surface area contributed by atoms with Crippen LogP contribution in [0, 0.1) is 0 Å². The number of hydrogen-bond acceptors (Lipinski definition) is 7. The summed E-state index contributed by atoms with van der Waals surface area (Å²) in [5.41, 5.74) is 1.14. The lowest BCUT2D eigenvalue weighted by atomic mass is 10.2. The van der Waals surface area contributed by atoms with Crippen molar-refractivity contribution >= 4 is 45.9 Å². The smallest absolute Gasteiger partial charge is 0.233 e. The Balaban J connectivity index is 1.45. The molecule has 128 valence electrons. The summed E-state index contributed by atoms with van der Waals surface area (Å²) in [7, 11) is 1.84. The predicted molar refractivity (Wildman–Crippen MR) is 102 cm³/mol. The van der Waals surface area contributed by atoms with Crippen molar-refractivity contribution in [3.8, 4) is 0 Å². The van der Waals surface area contributed by atoms with Crippen LogP contribution in [0.25, 0.3) is 0 Å². The van der Waals surface area contributed by atoms with Gasteiger partial charge in [-0.15, -0.1) is 22.0 Å². The molecule has 0 aliphatic heterocycles. The van der Waals surface area contributed by atoms with Crippen LogP contribution in [0.4, 0.5) is 5.13 Å². The van der Waals surface area contributed by atoms with E-state index in [4.69, 9.17) is 0 Å². The van der Waals surface area contributed by atoms with Gasteiger partial charge in [-0.2, -0.15) is 0 Å². The molecule has 0 spiro atoms. The van der Waals surface area contributed by atoms with Gasteiger partial charge in [0.15, 0.2) is 4.34 Å². The Morgan fingerprint density at radius 2 is 2.08 bits per heavy atom. The van der Waals surface area contributed by atoms with Gasteiger partial charge >= 0.3 is 0 Å². The zero-order valence-corrected chi connectivity index (χ0v) is 16.1. The lowest BCUT2D eigenvalue weighted by Crippen LogP contribution is -2.27. The molecule has 1 aliphatic carbocycles. The van der Waals surface area contributed by atoms with Crippen molar-refractivity contribution in [1.29, 1.82) is 0 Å². The summed E-state index contributed by atoms with van der Waals surface area (Å²) in [6.45, 7) is 0.624. The van der Waals surface area contributed by atoms with Gasteiger partial charge < -0.3 is 10.2 Å². The van der Waals surface area contributed by atoms with Gasteiger partial charge in [-0.05, 0) is 36.8 Å². The summed E-state index contributed by atoms with van der Waals surface area (Å²) in [4.78, 5) is 15.3. The van der Waals surface area contributed by atoms with Crippen molar-refractivity contribution < 1.29 is 4.79 Å². The first kappa shape index (κ1) is 17.6. The molecule has 1 amide bonds. The summed E-state index contributed by atoms with van der Waals surface area (Å²) in [6.07, 6.45) is 4.48. The highest BCUT2D eigenvalue weighted by Gasteiger charge is 2.22. The number of amides is 1. The molecule has 24 heavy (non-hydrogen) atoms. The quantitative estimate of drug-likeness (QED) is 0.707. The fourth-order valence-electron chi connectivity index (χ4n) is 2.06. The highest BCUT2D eigenvalue weighted by molar-refractivity contribution is 8.01. The first-order valence-electron chi connectivity index (χ1n) is 7.74. The summed E-state index contributed by atoms with van der Waals surface area (Å²) >= 11 is 4.69. The van der Waals surface area contributed by atoms with E-state index < -0.39 is 0 Å². The number of benzene rings is 1. The molecule has 1 N–H and O–H groups in total. The molecule has 5 nitrogen and oxygen atoms in total. The summed E-state index contributed by atoms with van der Waals surface area (Å²) in [5, 5.41) is 12.4. The van der Waals surface area contributed by atoms with E-state index in [-0.39, 0.29) is 5.91 Å². The van der Waals surface area contributed by atoms with Gasteiger partial charge in [0.1, 0.15) is 0 Å². The average molecular weight is 381 g/mol. The van der Waals surface area contributed by atoms with Crippen molar-refractivity contribution in [2.24, 2.45) is 0 Å². The van der Waals surface area contributed by atoms with Gasteiger partial charge in [0, 0.05) is 24.5 Å². The highest BCUT2D eigenvalue weighted by atomic mass is 32.2. The van der Waals surface area contributed by atoms with Crippen LogP contribution >= 0.6 is 34.9 Å². The normalized spacial score (nSPS) is 13.8. The minimum atomic E-state index is 0.0980. The third kappa shape index (κ3) is 5.12. The molecule has 0 bridgehead atoms. The van der Waals surface area contributed by atoms with Gasteiger partial charge in [-0.25, -0.2) is 0 Å². The monoisotopic (exact) mass is 380 g/mol. The summed E-state index contributed by atoms with van der Waals surface area (Å²) < 4.78 is 0.837. The van der Waals surface area contributed by atoms with Crippen LogP contribution in [-0.4, -0.2) is 46.1 Å². The predicted octanol–water partition coefficient (Wildman–Crippen LogP) is 3.59. The van der Waals surface area contributed by atoms with Crippen molar-refractivity contribution in [2.45, 2.75) is 34.7 Å². The highest BCUT2D eigenvalue weighted by Crippen LogP contribution is 2.30. The number of anilines is 1. The van der Waals surface area contributed by atoms with Crippen molar-refractivity contribution in [2.75, 3.05) is 24.4 Å². The van der Waals surface area contributed by atoms with E-state index in [9.17, 15) is 4.79 Å². The topological polar surface area (TPSA) is 58.1 Å². The molecule has 0 saturated heterocycles. The fourth-order valence-corrected chi connectivity index (χ4v) is 4.23. The maximum atomic E-state index is 12.3. The van der Waals surface area contributed by atoms with Crippen molar-refractivity contribution in [3.63, 3.8) is 0 Å². The van der Waals surface area contributed by atoms with Crippen molar-refractivity contribution in [1.82, 2.24) is 15.1 Å². The van der Waals surface area contributed by atoms with Crippen molar-refractivity contribution in [3.05, 3.63) is 29.8 Å². The second-order valence-electron chi connectivity index (χ2n) is 5.68. The second-order valence-corrected chi connectivity index (χ2v) is 8.76. The Morgan fingerprint density at radius 3 is 2.75 bits per heavy atom. The molecular weight excluding hydrogens is 360 g/mol. The van der Waals surface area contributed by atoms with Crippen LogP contribution in [0.1, 0.15) is 18.4 Å². The Morgan fingerprint density at radius 1 is 1.33 bits per heavy atom. The first-order valence-corrected chi connectivity index (χ1v) is 10.8. The number of carbonyl (C=O) groups is 1. The SMILES string of the molecule is CSc1ccc(CN(C)C(=O)CSc2nnc(NC3CC3)s2)cc1. The molecule has 0 atom stereocenters. The first-order chi connectivity index (χ1) is 11.6. The lowest BCUT2D eigenvalue weighted by Gasteiger charge is -2.16. The van der Waals surface area contributed by atoms with E-state index >= 15 is 0 Å². The minimum Gasteiger partial charge on any atom is -0.357 e. The van der Waals surface area contributed by atoms with Crippen LogP contribution < -0.4 is 5.32 Å². The Bertz CT molecular complexity index is 685. The van der Waals surface area contributed by atoms with Gasteiger partial charge in [-0.1, -0.05) is 35.2 Å². The van der Waals surface area contributed by atoms with Gasteiger partial charge in [-0.3, -0.25) is 4.79 Å². The zero-order chi connectivity index (χ0) is 16.9. The van der Waals surface area contributed by atoms with Gasteiger partial charge in [0.2, 0.25) is 11.0 Å². The van der Waals surface area contributed by atoms with Crippen LogP contribution in [0.15, 0.2) is 33.5 Å². The lowest BCUT2D eigenvalue weighted by molar-refractivity contribution is -0.127. The number of nitrogens with zero attached hydrogens (tertiary/aromatic N) is 3. The molecule has 1 heterocycles. The van der Waals surface area contributed by atoms with E-state index in [1.807, 2.05) is 7.05 Å². The van der Waals surface area contributed by atoms with E-state index in [1.165, 1.54) is 40.8 Å². The van der Waals surface area contributed by atoms with E-state index in [1.54, 1.807) is 16.7 Å². The standard InChI is InChI=1S/C16H20N4OS3/c1-20(9-11-3-7-13(22-2)8-4-11)14(21)10-23-16-19-18-15(24-16)17-12-5-6-12/h3-4,7-8,12H,5-6,9-10H2,1-2H3,(H,17,18). The van der Waals surface area contributed by atoms with Gasteiger partial charge in [0.25, 0.3) is 0 Å². The largest absolute Gasteiger partial charge is 0.357 e. The molecule has 1 aromatic carbocycles. The number of rotatable bonds is 8. The molecule has 8 heteroatoms. The van der Waals surface area contributed by atoms with Crippen LogP contribution in [0.2, 0.25) is 0 Å². The zero-order valence-electron chi connectivity index (χ0n) is 13.7. The number of hydrogen-bond donors (Lipinski definition) is 1. The third-order valence-corrected chi connectivity index (χ3v) is 6.35. The van der Waals surface area contributed by atoms with Gasteiger partial charge in [0.05, 0.1) is 5.75 Å². The maximum Gasteiger partial charge on any atom is 0.233 e. The van der Waals surface area contributed by atoms with Crippen LogP contribution in [0.3, 0.4) is 0 Å². The number of aromatic nitrogens is 2. The molecule has 1 saturated carbocycles. The Hall–Kier alpha value is -1.25. The van der Waals surface area contributed by atoms with E-state index in [0.29, 0.717) is 18.3 Å². The molecule has 0 unspecified atom stereocenters. The van der Waals surface area contributed by atoms with Crippen LogP contribution in [0.5, 0.6) is 0 Å². The molecule has 1 aliphatic rings. The van der Waals surface area contributed by atoms with E-state index in [2.05, 4.69) is 46.0 Å². The number of thioether (sulfide) groups is 2. The molecule has 1 fully saturated rings. The summed E-state index contributed by atoms with van der Waals surface area (Å²) in [6, 6.07) is 8.89. The maximum absolute atomic E-state index is 12.3. The van der Waals surface area contributed by atoms with Crippen LogP contribution in [-0.2, 0) is 11.3 Å². The fraction of sp³-hybridized carbons (Fsp3) is 0.438. The third-order valence-electron chi connectivity index (χ3n) is 3.64. The molecule has 0 radical (unpaired) electrons. The average Bonchev–Trinajstić information content (AvgIpc) is 3.30. The number of nitrogens with one attached hydrogen (secondary N) is 1.